The fourth-order valence-corrected chi connectivity index (χ4v) is 1.88. The lowest BCUT2D eigenvalue weighted by Gasteiger charge is -2.23. The van der Waals surface area contributed by atoms with Crippen molar-refractivity contribution in [2.24, 2.45) is 11.7 Å². The van der Waals surface area contributed by atoms with Crippen molar-refractivity contribution >= 4 is 23.1 Å². The summed E-state index contributed by atoms with van der Waals surface area (Å²) in [5.74, 6) is 0.556. The Morgan fingerprint density at radius 3 is 2.45 bits per heavy atom. The Bertz CT molecular complexity index is 283. The predicted octanol–water partition coefficient (Wildman–Crippen LogP) is 2.74. The van der Waals surface area contributed by atoms with Gasteiger partial charge in [-0.25, -0.2) is 0 Å². The Balaban J connectivity index is 4.04. The molecule has 20 heavy (non-hydrogen) atoms. The molecule has 0 aromatic heterocycles. The molecule has 0 saturated carbocycles. The smallest absolute Gasteiger partial charge is 0.222 e. The summed E-state index contributed by atoms with van der Waals surface area (Å²) in [4.78, 5) is 14.5. The Morgan fingerprint density at radius 1 is 1.25 bits per heavy atom. The van der Waals surface area contributed by atoms with E-state index in [1.165, 1.54) is 0 Å². The monoisotopic (exact) mass is 302 g/mol. The Labute approximate surface area is 129 Å². The van der Waals surface area contributed by atoms with Gasteiger partial charge in [0.25, 0.3) is 0 Å². The minimum atomic E-state index is 0.185. The molecule has 0 rings (SSSR count). The van der Waals surface area contributed by atoms with Gasteiger partial charge in [0.1, 0.15) is 0 Å². The van der Waals surface area contributed by atoms with Gasteiger partial charge in [0.2, 0.25) is 5.91 Å². The van der Waals surface area contributed by atoms with Crippen LogP contribution in [0.4, 0.5) is 0 Å². The molecule has 1 amide bonds. The first-order valence-corrected chi connectivity index (χ1v) is 8.02. The molecule has 0 radical (unpaired) electrons. The first-order valence-electron chi connectivity index (χ1n) is 7.61. The molecule has 0 saturated heterocycles. The van der Waals surface area contributed by atoms with Crippen LogP contribution in [0.15, 0.2) is 0 Å². The molecule has 0 atom stereocenters. The zero-order valence-electron chi connectivity index (χ0n) is 13.2. The maximum absolute atomic E-state index is 12.1. The standard InChI is InChI=1S/C15H30N2O2S/c1-4-5-10-19-11-6-8-17(9-7-14(16)20)15(18)12-13(2)3/h13H,4-12H2,1-3H3,(H2,16,20). The fourth-order valence-electron chi connectivity index (χ4n) is 1.79. The number of hydrogen-bond donors (Lipinski definition) is 1. The van der Waals surface area contributed by atoms with Crippen molar-refractivity contribution in [3.8, 4) is 0 Å². The summed E-state index contributed by atoms with van der Waals surface area (Å²) < 4.78 is 5.52. The molecule has 0 bridgehead atoms. The van der Waals surface area contributed by atoms with Gasteiger partial charge in [0, 0.05) is 39.1 Å². The van der Waals surface area contributed by atoms with E-state index in [4.69, 9.17) is 22.7 Å². The third-order valence-electron chi connectivity index (χ3n) is 2.92. The SMILES string of the molecule is CCCCOCCCN(CCC(N)=S)C(=O)CC(C)C. The van der Waals surface area contributed by atoms with E-state index in [0.29, 0.717) is 36.9 Å². The number of thiocarbonyl (C=S) groups is 1. The normalized spacial score (nSPS) is 10.8. The Hall–Kier alpha value is -0.680. The summed E-state index contributed by atoms with van der Waals surface area (Å²) in [6, 6.07) is 0. The summed E-state index contributed by atoms with van der Waals surface area (Å²) in [6.07, 6.45) is 4.28. The average Bonchev–Trinajstić information content (AvgIpc) is 2.35. The van der Waals surface area contributed by atoms with Gasteiger partial charge in [-0.2, -0.15) is 0 Å². The van der Waals surface area contributed by atoms with Gasteiger partial charge in [0.05, 0.1) is 4.99 Å². The molecule has 0 heterocycles. The van der Waals surface area contributed by atoms with Crippen molar-refractivity contribution in [2.45, 2.75) is 52.9 Å². The maximum Gasteiger partial charge on any atom is 0.222 e. The molecule has 0 aliphatic heterocycles. The molecule has 118 valence electrons. The van der Waals surface area contributed by atoms with Crippen molar-refractivity contribution in [3.05, 3.63) is 0 Å². The van der Waals surface area contributed by atoms with Crippen molar-refractivity contribution in [3.63, 3.8) is 0 Å². The highest BCUT2D eigenvalue weighted by Gasteiger charge is 2.14. The second kappa shape index (κ2) is 12.1. The summed E-state index contributed by atoms with van der Waals surface area (Å²) in [5.41, 5.74) is 5.52. The van der Waals surface area contributed by atoms with Crippen LogP contribution in [-0.4, -0.2) is 42.1 Å². The topological polar surface area (TPSA) is 55.6 Å². The van der Waals surface area contributed by atoms with E-state index in [0.717, 1.165) is 32.4 Å². The number of amides is 1. The zero-order chi connectivity index (χ0) is 15.4. The van der Waals surface area contributed by atoms with Crippen LogP contribution in [0.25, 0.3) is 0 Å². The highest BCUT2D eigenvalue weighted by atomic mass is 32.1. The first-order chi connectivity index (χ1) is 9.47. The molecule has 0 aromatic rings. The maximum atomic E-state index is 12.1. The van der Waals surface area contributed by atoms with Crippen molar-refractivity contribution < 1.29 is 9.53 Å². The van der Waals surface area contributed by atoms with Gasteiger partial charge in [-0.1, -0.05) is 39.4 Å². The van der Waals surface area contributed by atoms with Gasteiger partial charge in [-0.15, -0.1) is 0 Å². The van der Waals surface area contributed by atoms with Crippen molar-refractivity contribution in [1.29, 1.82) is 0 Å². The average molecular weight is 302 g/mol. The lowest BCUT2D eigenvalue weighted by Crippen LogP contribution is -2.35. The van der Waals surface area contributed by atoms with E-state index in [1.54, 1.807) is 0 Å². The van der Waals surface area contributed by atoms with Gasteiger partial charge >= 0.3 is 0 Å². The van der Waals surface area contributed by atoms with E-state index >= 15 is 0 Å². The third kappa shape index (κ3) is 11.2. The van der Waals surface area contributed by atoms with Crippen LogP contribution in [0.5, 0.6) is 0 Å². The van der Waals surface area contributed by atoms with Crippen LogP contribution in [0.3, 0.4) is 0 Å². The predicted molar refractivity (Wildman–Crippen MR) is 87.8 cm³/mol. The van der Waals surface area contributed by atoms with Crippen molar-refractivity contribution in [1.82, 2.24) is 4.90 Å². The van der Waals surface area contributed by atoms with Gasteiger partial charge in [-0.05, 0) is 18.8 Å². The fraction of sp³-hybridized carbons (Fsp3) is 0.867. The summed E-state index contributed by atoms with van der Waals surface area (Å²) in [5, 5.41) is 0. The van der Waals surface area contributed by atoms with E-state index in [-0.39, 0.29) is 5.91 Å². The van der Waals surface area contributed by atoms with Crippen LogP contribution in [0.2, 0.25) is 0 Å². The third-order valence-corrected chi connectivity index (χ3v) is 3.13. The van der Waals surface area contributed by atoms with Crippen LogP contribution in [0.1, 0.15) is 52.9 Å². The summed E-state index contributed by atoms with van der Waals surface area (Å²) in [7, 11) is 0. The van der Waals surface area contributed by atoms with Crippen LogP contribution < -0.4 is 5.73 Å². The zero-order valence-corrected chi connectivity index (χ0v) is 14.0. The number of ether oxygens (including phenoxy) is 1. The Kier molecular flexibility index (Phi) is 11.7. The van der Waals surface area contributed by atoms with E-state index in [1.807, 2.05) is 4.90 Å². The van der Waals surface area contributed by atoms with Crippen LogP contribution >= 0.6 is 12.2 Å². The number of nitrogens with two attached hydrogens (primary N) is 1. The minimum absolute atomic E-state index is 0.185. The van der Waals surface area contributed by atoms with Gasteiger partial charge in [-0.3, -0.25) is 4.79 Å². The number of hydrogen-bond acceptors (Lipinski definition) is 3. The second-order valence-corrected chi connectivity index (χ2v) is 6.04. The first kappa shape index (κ1) is 19.3. The van der Waals surface area contributed by atoms with Gasteiger partial charge in [0.15, 0.2) is 0 Å². The molecule has 0 aliphatic rings. The van der Waals surface area contributed by atoms with Gasteiger partial charge < -0.3 is 15.4 Å². The molecule has 0 aliphatic carbocycles. The molecular weight excluding hydrogens is 272 g/mol. The van der Waals surface area contributed by atoms with E-state index in [2.05, 4.69) is 20.8 Å². The number of rotatable bonds is 12. The highest BCUT2D eigenvalue weighted by molar-refractivity contribution is 7.80. The molecule has 0 aromatic carbocycles. The molecule has 0 unspecified atom stereocenters. The lowest BCUT2D eigenvalue weighted by molar-refractivity contribution is -0.132. The van der Waals surface area contributed by atoms with E-state index < -0.39 is 0 Å². The number of unbranched alkanes of at least 4 members (excludes halogenated alkanes) is 1. The molecule has 0 fully saturated rings. The van der Waals surface area contributed by atoms with E-state index in [9.17, 15) is 4.79 Å². The van der Waals surface area contributed by atoms with Crippen molar-refractivity contribution in [2.75, 3.05) is 26.3 Å². The quantitative estimate of drug-likeness (QED) is 0.445. The number of carbonyl (C=O) groups is 1. The molecular formula is C15H30N2O2S. The highest BCUT2D eigenvalue weighted by Crippen LogP contribution is 2.06. The van der Waals surface area contributed by atoms with Crippen LogP contribution in [-0.2, 0) is 9.53 Å². The summed E-state index contributed by atoms with van der Waals surface area (Å²) >= 11 is 4.89. The molecule has 5 heteroatoms. The minimum Gasteiger partial charge on any atom is -0.393 e. The second-order valence-electron chi connectivity index (χ2n) is 5.51. The Morgan fingerprint density at radius 2 is 1.90 bits per heavy atom. The number of carbonyl (C=O) groups excluding carboxylic acids is 1. The molecule has 4 nitrogen and oxygen atoms in total. The van der Waals surface area contributed by atoms with Crippen LogP contribution in [0, 0.1) is 5.92 Å². The largest absolute Gasteiger partial charge is 0.393 e. The molecule has 2 N–H and O–H groups in total. The summed E-state index contributed by atoms with van der Waals surface area (Å²) in [6.45, 7) is 9.11. The lowest BCUT2D eigenvalue weighted by atomic mass is 10.1. The molecule has 0 spiro atoms. The number of nitrogens with zero attached hydrogens (tertiary/aromatic N) is 1.